The Kier molecular flexibility index (Phi) is 9.79. The second-order valence-electron chi connectivity index (χ2n) is 4.70. The topological polar surface area (TPSA) is 58.8 Å². The lowest BCUT2D eigenvalue weighted by molar-refractivity contribution is -0.134. The fourth-order valence-electron chi connectivity index (χ4n) is 1.66. The van der Waals surface area contributed by atoms with Crippen LogP contribution in [0.15, 0.2) is 17.5 Å². The highest BCUT2D eigenvalue weighted by atomic mass is 35.5. The lowest BCUT2D eigenvalue weighted by Gasteiger charge is -2.26. The molecule has 0 bridgehead atoms. The predicted molar refractivity (Wildman–Crippen MR) is 85.4 cm³/mol. The largest absolute Gasteiger partial charge is 0.383 e. The van der Waals surface area contributed by atoms with Crippen LogP contribution in [0.3, 0.4) is 0 Å². The maximum Gasteiger partial charge on any atom is 0.242 e. The molecule has 1 amide bonds. The maximum absolute atomic E-state index is 12.3. The SMILES string of the molecule is COCC(N)C(=O)N(CCN(C)C)Cc1cccs1.Cl. The molecule has 1 aromatic heterocycles. The molecule has 0 fully saturated rings. The van der Waals surface area contributed by atoms with Crippen LogP contribution >= 0.6 is 23.7 Å². The van der Waals surface area contributed by atoms with Crippen molar-refractivity contribution < 1.29 is 9.53 Å². The molecule has 5 nitrogen and oxygen atoms in total. The van der Waals surface area contributed by atoms with Gasteiger partial charge in [-0.25, -0.2) is 0 Å². The van der Waals surface area contributed by atoms with Gasteiger partial charge in [-0.1, -0.05) is 6.07 Å². The van der Waals surface area contributed by atoms with E-state index in [1.807, 2.05) is 31.6 Å². The monoisotopic (exact) mass is 321 g/mol. The van der Waals surface area contributed by atoms with E-state index in [-0.39, 0.29) is 24.9 Å². The Morgan fingerprint density at radius 1 is 1.45 bits per heavy atom. The van der Waals surface area contributed by atoms with Crippen molar-refractivity contribution in [1.29, 1.82) is 0 Å². The second kappa shape index (κ2) is 10.1. The number of thiophene rings is 1. The van der Waals surface area contributed by atoms with Crippen molar-refractivity contribution in [2.24, 2.45) is 5.73 Å². The van der Waals surface area contributed by atoms with Crippen molar-refractivity contribution in [3.05, 3.63) is 22.4 Å². The van der Waals surface area contributed by atoms with Crippen LogP contribution in [-0.2, 0) is 16.1 Å². The molecule has 0 aliphatic heterocycles. The molecule has 116 valence electrons. The molecule has 0 aliphatic rings. The Balaban J connectivity index is 0.00000361. The molecule has 0 saturated carbocycles. The number of methoxy groups -OCH3 is 1. The van der Waals surface area contributed by atoms with Gasteiger partial charge < -0.3 is 20.3 Å². The van der Waals surface area contributed by atoms with Gasteiger partial charge >= 0.3 is 0 Å². The number of hydrogen-bond acceptors (Lipinski definition) is 5. The van der Waals surface area contributed by atoms with Gasteiger partial charge in [0.2, 0.25) is 5.91 Å². The molecule has 0 aliphatic carbocycles. The zero-order valence-electron chi connectivity index (χ0n) is 12.2. The zero-order valence-corrected chi connectivity index (χ0v) is 13.9. The van der Waals surface area contributed by atoms with E-state index in [1.165, 1.54) is 0 Å². The molecule has 0 spiro atoms. The minimum atomic E-state index is -0.591. The number of nitrogens with zero attached hydrogens (tertiary/aromatic N) is 2. The molecule has 0 radical (unpaired) electrons. The molecular formula is C13H24ClN3O2S. The summed E-state index contributed by atoms with van der Waals surface area (Å²) in [5.74, 6) is -0.0582. The van der Waals surface area contributed by atoms with E-state index in [0.29, 0.717) is 13.1 Å². The number of carbonyl (C=O) groups excluding carboxylic acids is 1. The maximum atomic E-state index is 12.3. The molecule has 0 saturated heterocycles. The van der Waals surface area contributed by atoms with Crippen LogP contribution in [-0.4, -0.2) is 62.7 Å². The summed E-state index contributed by atoms with van der Waals surface area (Å²) < 4.78 is 4.96. The number of likely N-dealkylation sites (N-methyl/N-ethyl adjacent to an activating group) is 1. The van der Waals surface area contributed by atoms with Crippen molar-refractivity contribution in [3.63, 3.8) is 0 Å². The standard InChI is InChI=1S/C13H23N3O2S.ClH/c1-15(2)6-7-16(9-11-5-4-8-19-11)13(17)12(14)10-18-3;/h4-5,8,12H,6-7,9-10,14H2,1-3H3;1H. The number of carbonyl (C=O) groups is 1. The van der Waals surface area contributed by atoms with E-state index in [0.717, 1.165) is 11.4 Å². The minimum Gasteiger partial charge on any atom is -0.383 e. The van der Waals surface area contributed by atoms with E-state index >= 15 is 0 Å². The lowest BCUT2D eigenvalue weighted by atomic mass is 10.2. The molecule has 1 heterocycles. The molecule has 7 heteroatoms. The van der Waals surface area contributed by atoms with Crippen LogP contribution in [0.5, 0.6) is 0 Å². The summed E-state index contributed by atoms with van der Waals surface area (Å²) in [6.45, 7) is 2.35. The smallest absolute Gasteiger partial charge is 0.242 e. The number of ether oxygens (including phenoxy) is 1. The number of amides is 1. The van der Waals surface area contributed by atoms with Crippen molar-refractivity contribution in [3.8, 4) is 0 Å². The fraction of sp³-hybridized carbons (Fsp3) is 0.615. The normalized spacial score (nSPS) is 12.1. The Morgan fingerprint density at radius 3 is 2.65 bits per heavy atom. The van der Waals surface area contributed by atoms with Crippen LogP contribution in [0.25, 0.3) is 0 Å². The zero-order chi connectivity index (χ0) is 14.3. The van der Waals surface area contributed by atoms with Gasteiger partial charge in [0.05, 0.1) is 13.2 Å². The molecule has 2 N–H and O–H groups in total. The molecule has 0 aromatic carbocycles. The van der Waals surface area contributed by atoms with Crippen LogP contribution in [0.1, 0.15) is 4.88 Å². The first-order valence-electron chi connectivity index (χ1n) is 6.25. The first-order chi connectivity index (χ1) is 9.04. The van der Waals surface area contributed by atoms with Crippen molar-refractivity contribution in [2.75, 3.05) is 40.9 Å². The summed E-state index contributed by atoms with van der Waals surface area (Å²) in [4.78, 5) is 17.3. The van der Waals surface area contributed by atoms with Gasteiger partial charge in [-0.15, -0.1) is 23.7 Å². The summed E-state index contributed by atoms with van der Waals surface area (Å²) in [7, 11) is 5.53. The van der Waals surface area contributed by atoms with Crippen LogP contribution < -0.4 is 5.73 Å². The van der Waals surface area contributed by atoms with Crippen molar-refractivity contribution in [1.82, 2.24) is 9.80 Å². The second-order valence-corrected chi connectivity index (χ2v) is 5.74. The minimum absolute atomic E-state index is 0. The van der Waals surface area contributed by atoms with E-state index < -0.39 is 6.04 Å². The summed E-state index contributed by atoms with van der Waals surface area (Å²) in [5, 5.41) is 2.01. The predicted octanol–water partition coefficient (Wildman–Crippen LogP) is 1.03. The highest BCUT2D eigenvalue weighted by molar-refractivity contribution is 7.09. The van der Waals surface area contributed by atoms with E-state index in [4.69, 9.17) is 10.5 Å². The summed E-state index contributed by atoms with van der Waals surface area (Å²) in [6, 6.07) is 3.43. The summed E-state index contributed by atoms with van der Waals surface area (Å²) in [5.41, 5.74) is 5.84. The van der Waals surface area contributed by atoms with Gasteiger partial charge in [-0.3, -0.25) is 4.79 Å². The Morgan fingerprint density at radius 2 is 2.15 bits per heavy atom. The van der Waals surface area contributed by atoms with Gasteiger partial charge in [0, 0.05) is 25.1 Å². The number of nitrogens with two attached hydrogens (primary N) is 1. The third-order valence-electron chi connectivity index (χ3n) is 2.72. The molecule has 1 atom stereocenters. The highest BCUT2D eigenvalue weighted by Gasteiger charge is 2.21. The third kappa shape index (κ3) is 6.67. The van der Waals surface area contributed by atoms with Crippen LogP contribution in [0, 0.1) is 0 Å². The fourth-order valence-corrected chi connectivity index (χ4v) is 2.38. The van der Waals surface area contributed by atoms with Gasteiger partial charge in [-0.2, -0.15) is 0 Å². The van der Waals surface area contributed by atoms with Gasteiger partial charge in [-0.05, 0) is 25.5 Å². The van der Waals surface area contributed by atoms with Gasteiger partial charge in [0.1, 0.15) is 6.04 Å². The van der Waals surface area contributed by atoms with E-state index in [1.54, 1.807) is 23.3 Å². The summed E-state index contributed by atoms with van der Waals surface area (Å²) >= 11 is 1.65. The number of halogens is 1. The Labute approximate surface area is 131 Å². The van der Waals surface area contributed by atoms with Crippen molar-refractivity contribution in [2.45, 2.75) is 12.6 Å². The quantitative estimate of drug-likeness (QED) is 0.777. The first-order valence-corrected chi connectivity index (χ1v) is 7.13. The lowest BCUT2D eigenvalue weighted by Crippen LogP contribution is -2.47. The van der Waals surface area contributed by atoms with Gasteiger partial charge in [0.25, 0.3) is 0 Å². The van der Waals surface area contributed by atoms with Crippen molar-refractivity contribution >= 4 is 29.7 Å². The third-order valence-corrected chi connectivity index (χ3v) is 3.58. The average Bonchev–Trinajstić information content (AvgIpc) is 2.86. The van der Waals surface area contributed by atoms with Crippen LogP contribution in [0.2, 0.25) is 0 Å². The van der Waals surface area contributed by atoms with E-state index in [2.05, 4.69) is 4.90 Å². The summed E-state index contributed by atoms with van der Waals surface area (Å²) in [6.07, 6.45) is 0. The average molecular weight is 322 g/mol. The highest BCUT2D eigenvalue weighted by Crippen LogP contribution is 2.12. The first kappa shape index (κ1) is 19.3. The Hall–Kier alpha value is -0.660. The number of hydrogen-bond donors (Lipinski definition) is 1. The molecular weight excluding hydrogens is 298 g/mol. The molecule has 1 rings (SSSR count). The van der Waals surface area contributed by atoms with E-state index in [9.17, 15) is 4.79 Å². The molecule has 1 unspecified atom stereocenters. The van der Waals surface area contributed by atoms with Gasteiger partial charge in [0.15, 0.2) is 0 Å². The molecule has 1 aromatic rings. The Bertz CT molecular complexity index is 374. The van der Waals surface area contributed by atoms with Crippen LogP contribution in [0.4, 0.5) is 0 Å². The number of rotatable bonds is 8. The molecule has 20 heavy (non-hydrogen) atoms.